The molecular weight excluding hydrogens is 234 g/mol. The molecule has 0 bridgehead atoms. The van der Waals surface area contributed by atoms with Crippen molar-refractivity contribution in [3.05, 3.63) is 17.5 Å². The smallest absolute Gasteiger partial charge is 0.226 e. The van der Waals surface area contributed by atoms with Crippen LogP contribution in [0.5, 0.6) is 0 Å². The summed E-state index contributed by atoms with van der Waals surface area (Å²) in [6, 6.07) is 2.40. The van der Waals surface area contributed by atoms with Gasteiger partial charge in [-0.25, -0.2) is 9.97 Å². The lowest BCUT2D eigenvalue weighted by atomic mass is 10.1. The Bertz CT molecular complexity index is 361. The molecule has 1 saturated heterocycles. The van der Waals surface area contributed by atoms with E-state index >= 15 is 0 Å². The third-order valence-corrected chi connectivity index (χ3v) is 3.64. The molecule has 0 aliphatic carbocycles. The van der Waals surface area contributed by atoms with Crippen LogP contribution in [0.1, 0.15) is 37.1 Å². The Morgan fingerprint density at radius 1 is 1.24 bits per heavy atom. The van der Waals surface area contributed by atoms with Gasteiger partial charge in [0.05, 0.1) is 0 Å². The summed E-state index contributed by atoms with van der Waals surface area (Å²) in [4.78, 5) is 11.4. The van der Waals surface area contributed by atoms with Gasteiger partial charge in [-0.2, -0.15) is 0 Å². The van der Waals surface area contributed by atoms with Gasteiger partial charge < -0.3 is 4.90 Å². The highest BCUT2D eigenvalue weighted by Crippen LogP contribution is 2.22. The molecule has 0 amide bonds. The maximum Gasteiger partial charge on any atom is 0.226 e. The SMILES string of the molecule is Cc1cc(C)nc(N2CCCCCC2CCl)n1. The highest BCUT2D eigenvalue weighted by Gasteiger charge is 2.22. The first kappa shape index (κ1) is 12.6. The molecule has 1 fully saturated rings. The van der Waals surface area contributed by atoms with Crippen LogP contribution in [0.15, 0.2) is 6.07 Å². The van der Waals surface area contributed by atoms with Crippen molar-refractivity contribution in [2.75, 3.05) is 17.3 Å². The van der Waals surface area contributed by atoms with Gasteiger partial charge in [-0.05, 0) is 32.8 Å². The number of anilines is 1. The molecule has 0 spiro atoms. The fourth-order valence-corrected chi connectivity index (χ4v) is 2.76. The Morgan fingerprint density at radius 2 is 1.94 bits per heavy atom. The lowest BCUT2D eigenvalue weighted by molar-refractivity contribution is 0.608. The summed E-state index contributed by atoms with van der Waals surface area (Å²) in [5.74, 6) is 1.52. The molecule has 94 valence electrons. The maximum atomic E-state index is 6.08. The average Bonchev–Trinajstić information content (AvgIpc) is 2.52. The van der Waals surface area contributed by atoms with Gasteiger partial charge in [0.15, 0.2) is 0 Å². The summed E-state index contributed by atoms with van der Waals surface area (Å²) in [7, 11) is 0. The van der Waals surface area contributed by atoms with Gasteiger partial charge in [-0.15, -0.1) is 11.6 Å². The molecule has 2 heterocycles. The predicted molar refractivity (Wildman–Crippen MR) is 71.8 cm³/mol. The molecule has 4 heteroatoms. The number of hydrogen-bond donors (Lipinski definition) is 0. The van der Waals surface area contributed by atoms with E-state index in [0.717, 1.165) is 30.3 Å². The van der Waals surface area contributed by atoms with E-state index in [1.165, 1.54) is 19.3 Å². The molecule has 1 aromatic heterocycles. The molecule has 1 atom stereocenters. The molecule has 0 radical (unpaired) electrons. The monoisotopic (exact) mass is 253 g/mol. The van der Waals surface area contributed by atoms with Gasteiger partial charge in [0.2, 0.25) is 5.95 Å². The quantitative estimate of drug-likeness (QED) is 0.759. The van der Waals surface area contributed by atoms with Crippen LogP contribution < -0.4 is 4.90 Å². The van der Waals surface area contributed by atoms with Crippen molar-refractivity contribution in [3.8, 4) is 0 Å². The van der Waals surface area contributed by atoms with Crippen LogP contribution in [-0.4, -0.2) is 28.4 Å². The van der Waals surface area contributed by atoms with Crippen molar-refractivity contribution in [2.24, 2.45) is 0 Å². The number of aryl methyl sites for hydroxylation is 2. The van der Waals surface area contributed by atoms with E-state index in [-0.39, 0.29) is 0 Å². The number of rotatable bonds is 2. The number of alkyl halides is 1. The lowest BCUT2D eigenvalue weighted by Gasteiger charge is -2.28. The van der Waals surface area contributed by atoms with Crippen LogP contribution in [0, 0.1) is 13.8 Å². The van der Waals surface area contributed by atoms with Gasteiger partial charge in [-0.1, -0.05) is 12.8 Å². The predicted octanol–water partition coefficient (Wildman–Crippen LogP) is 3.08. The fraction of sp³-hybridized carbons (Fsp3) is 0.692. The molecular formula is C13H20ClN3. The maximum absolute atomic E-state index is 6.08. The van der Waals surface area contributed by atoms with Crippen molar-refractivity contribution in [1.82, 2.24) is 9.97 Å². The van der Waals surface area contributed by atoms with E-state index in [0.29, 0.717) is 11.9 Å². The lowest BCUT2D eigenvalue weighted by Crippen LogP contribution is -2.37. The minimum Gasteiger partial charge on any atom is -0.337 e. The molecule has 1 unspecified atom stereocenters. The van der Waals surface area contributed by atoms with Gasteiger partial charge in [0.1, 0.15) is 0 Å². The van der Waals surface area contributed by atoms with Crippen LogP contribution in [-0.2, 0) is 0 Å². The van der Waals surface area contributed by atoms with Crippen molar-refractivity contribution in [1.29, 1.82) is 0 Å². The summed E-state index contributed by atoms with van der Waals surface area (Å²) >= 11 is 6.08. The highest BCUT2D eigenvalue weighted by atomic mass is 35.5. The Labute approximate surface area is 108 Å². The number of hydrogen-bond acceptors (Lipinski definition) is 3. The molecule has 1 aromatic rings. The van der Waals surface area contributed by atoms with Gasteiger partial charge >= 0.3 is 0 Å². The second-order valence-electron chi connectivity index (χ2n) is 4.80. The zero-order chi connectivity index (χ0) is 12.3. The molecule has 0 aromatic carbocycles. The minimum absolute atomic E-state index is 0.389. The molecule has 0 N–H and O–H groups in total. The average molecular weight is 254 g/mol. The molecule has 2 rings (SSSR count). The Balaban J connectivity index is 2.27. The zero-order valence-electron chi connectivity index (χ0n) is 10.6. The van der Waals surface area contributed by atoms with Crippen LogP contribution in [0.2, 0.25) is 0 Å². The highest BCUT2D eigenvalue weighted by molar-refractivity contribution is 6.18. The topological polar surface area (TPSA) is 29.0 Å². The third-order valence-electron chi connectivity index (χ3n) is 3.28. The van der Waals surface area contributed by atoms with E-state index in [4.69, 9.17) is 11.6 Å². The standard InChI is InChI=1S/C13H20ClN3/c1-10-8-11(2)16-13(15-10)17-7-5-3-4-6-12(17)9-14/h8,12H,3-7,9H2,1-2H3. The zero-order valence-corrected chi connectivity index (χ0v) is 11.4. The number of aromatic nitrogens is 2. The Morgan fingerprint density at radius 3 is 2.59 bits per heavy atom. The second kappa shape index (κ2) is 5.67. The molecule has 17 heavy (non-hydrogen) atoms. The second-order valence-corrected chi connectivity index (χ2v) is 5.11. The Kier molecular flexibility index (Phi) is 4.21. The van der Waals surface area contributed by atoms with Crippen molar-refractivity contribution in [3.63, 3.8) is 0 Å². The fourth-order valence-electron chi connectivity index (χ4n) is 2.44. The summed E-state index contributed by atoms with van der Waals surface area (Å²) in [6.07, 6.45) is 4.91. The van der Waals surface area contributed by atoms with E-state index in [2.05, 4.69) is 14.9 Å². The minimum atomic E-state index is 0.389. The van der Waals surface area contributed by atoms with Crippen LogP contribution >= 0.6 is 11.6 Å². The molecule has 1 aliphatic heterocycles. The molecule has 3 nitrogen and oxygen atoms in total. The number of nitrogens with zero attached hydrogens (tertiary/aromatic N) is 3. The first-order valence-electron chi connectivity index (χ1n) is 6.35. The first-order chi connectivity index (χ1) is 8.20. The van der Waals surface area contributed by atoms with E-state index in [1.54, 1.807) is 0 Å². The third kappa shape index (κ3) is 3.09. The largest absolute Gasteiger partial charge is 0.337 e. The first-order valence-corrected chi connectivity index (χ1v) is 6.89. The molecule has 1 aliphatic rings. The van der Waals surface area contributed by atoms with Gasteiger partial charge in [0, 0.05) is 29.9 Å². The van der Waals surface area contributed by atoms with E-state index in [1.807, 2.05) is 19.9 Å². The van der Waals surface area contributed by atoms with Gasteiger partial charge in [0.25, 0.3) is 0 Å². The van der Waals surface area contributed by atoms with Crippen LogP contribution in [0.3, 0.4) is 0 Å². The summed E-state index contributed by atoms with van der Waals surface area (Å²) in [5.41, 5.74) is 2.06. The summed E-state index contributed by atoms with van der Waals surface area (Å²) < 4.78 is 0. The van der Waals surface area contributed by atoms with Crippen LogP contribution in [0.4, 0.5) is 5.95 Å². The molecule has 0 saturated carbocycles. The normalized spacial score (nSPS) is 21.4. The van der Waals surface area contributed by atoms with Crippen LogP contribution in [0.25, 0.3) is 0 Å². The van der Waals surface area contributed by atoms with Crippen molar-refractivity contribution < 1.29 is 0 Å². The van der Waals surface area contributed by atoms with Crippen molar-refractivity contribution in [2.45, 2.75) is 45.6 Å². The Hall–Kier alpha value is -0.830. The number of halogens is 1. The summed E-state index contributed by atoms with van der Waals surface area (Å²) in [6.45, 7) is 5.07. The summed E-state index contributed by atoms with van der Waals surface area (Å²) in [5, 5.41) is 0. The van der Waals surface area contributed by atoms with E-state index in [9.17, 15) is 0 Å². The van der Waals surface area contributed by atoms with Crippen molar-refractivity contribution >= 4 is 17.5 Å². The van der Waals surface area contributed by atoms with E-state index < -0.39 is 0 Å². The van der Waals surface area contributed by atoms with Gasteiger partial charge in [-0.3, -0.25) is 0 Å².